The third kappa shape index (κ3) is 3.54. The molecule has 0 fully saturated rings. The van der Waals surface area contributed by atoms with Gasteiger partial charge in [-0.15, -0.1) is 11.3 Å². The average molecular weight is 350 g/mol. The van der Waals surface area contributed by atoms with Gasteiger partial charge in [-0.05, 0) is 29.7 Å². The van der Waals surface area contributed by atoms with Gasteiger partial charge in [-0.2, -0.15) is 0 Å². The molecule has 0 atom stereocenters. The smallest absolute Gasteiger partial charge is 0.244 e. The van der Waals surface area contributed by atoms with E-state index in [1.165, 1.54) is 6.08 Å². The minimum absolute atomic E-state index is 0.179. The van der Waals surface area contributed by atoms with Gasteiger partial charge in [-0.1, -0.05) is 29.4 Å². The fraction of sp³-hybridized carbons (Fsp3) is 0.0526. The van der Waals surface area contributed by atoms with E-state index in [0.717, 1.165) is 15.8 Å². The van der Waals surface area contributed by atoms with Crippen LogP contribution in [0.4, 0.5) is 0 Å². The number of thiophene rings is 1. The number of furan rings is 1. The molecule has 0 aliphatic heterocycles. The molecular formula is C19H14N2O3S. The molecule has 4 aromatic rings. The Hall–Kier alpha value is -3.12. The van der Waals surface area contributed by atoms with E-state index < -0.39 is 0 Å². The van der Waals surface area contributed by atoms with Gasteiger partial charge < -0.3 is 14.3 Å². The van der Waals surface area contributed by atoms with E-state index in [1.807, 2.05) is 47.8 Å². The minimum Gasteiger partial charge on any atom is -0.453 e. The standard InChI is InChI=1S/C19H14N2O3S/c22-19(8-7-15-5-3-9-25-15)20-12-14-11-18(24-21-14)17-10-13-4-1-2-6-16(13)23-17/h1-11H,12H2,(H,20,22)/b8-7+. The van der Waals surface area contributed by atoms with E-state index in [4.69, 9.17) is 8.94 Å². The van der Waals surface area contributed by atoms with Gasteiger partial charge in [0.15, 0.2) is 5.76 Å². The normalized spacial score (nSPS) is 11.4. The fourth-order valence-corrected chi connectivity index (χ4v) is 3.01. The molecule has 0 spiro atoms. The first kappa shape index (κ1) is 15.4. The summed E-state index contributed by atoms with van der Waals surface area (Å²) in [6.07, 6.45) is 3.29. The zero-order valence-corrected chi connectivity index (χ0v) is 14.0. The molecule has 0 bridgehead atoms. The molecule has 4 rings (SSSR count). The number of fused-ring (bicyclic) bond motifs is 1. The van der Waals surface area contributed by atoms with Crippen LogP contribution in [0.1, 0.15) is 10.6 Å². The molecule has 1 N–H and O–H groups in total. The van der Waals surface area contributed by atoms with E-state index in [-0.39, 0.29) is 12.5 Å². The van der Waals surface area contributed by atoms with Crippen LogP contribution in [0.2, 0.25) is 0 Å². The Labute approximate surface area is 147 Å². The van der Waals surface area contributed by atoms with Crippen molar-refractivity contribution in [2.24, 2.45) is 0 Å². The van der Waals surface area contributed by atoms with Crippen LogP contribution in [0.5, 0.6) is 0 Å². The topological polar surface area (TPSA) is 68.3 Å². The van der Waals surface area contributed by atoms with Crippen LogP contribution in [0.15, 0.2) is 68.9 Å². The van der Waals surface area contributed by atoms with Crippen molar-refractivity contribution in [3.05, 3.63) is 70.6 Å². The van der Waals surface area contributed by atoms with Gasteiger partial charge >= 0.3 is 0 Å². The molecule has 0 unspecified atom stereocenters. The predicted molar refractivity (Wildman–Crippen MR) is 96.9 cm³/mol. The molecule has 5 nitrogen and oxygen atoms in total. The number of rotatable bonds is 5. The number of carbonyl (C=O) groups excluding carboxylic acids is 1. The van der Waals surface area contributed by atoms with E-state index in [1.54, 1.807) is 23.5 Å². The lowest BCUT2D eigenvalue weighted by molar-refractivity contribution is -0.116. The van der Waals surface area contributed by atoms with Gasteiger partial charge in [-0.25, -0.2) is 0 Å². The summed E-state index contributed by atoms with van der Waals surface area (Å²) in [7, 11) is 0. The second kappa shape index (κ2) is 6.78. The Bertz CT molecular complexity index is 995. The number of amides is 1. The lowest BCUT2D eigenvalue weighted by atomic mass is 10.2. The van der Waals surface area contributed by atoms with Crippen molar-refractivity contribution in [1.29, 1.82) is 0 Å². The Morgan fingerprint density at radius 3 is 2.92 bits per heavy atom. The Balaban J connectivity index is 1.40. The third-order valence-electron chi connectivity index (χ3n) is 3.61. The molecule has 1 aromatic carbocycles. The monoisotopic (exact) mass is 350 g/mol. The second-order valence-electron chi connectivity index (χ2n) is 5.40. The molecule has 0 saturated heterocycles. The van der Waals surface area contributed by atoms with Crippen LogP contribution in [-0.2, 0) is 11.3 Å². The highest BCUT2D eigenvalue weighted by atomic mass is 32.1. The van der Waals surface area contributed by atoms with Crippen LogP contribution in [-0.4, -0.2) is 11.1 Å². The van der Waals surface area contributed by atoms with Crippen molar-refractivity contribution < 1.29 is 13.7 Å². The molecule has 6 heteroatoms. The zero-order chi connectivity index (χ0) is 17.1. The lowest BCUT2D eigenvalue weighted by Crippen LogP contribution is -2.20. The maximum atomic E-state index is 11.8. The quantitative estimate of drug-likeness (QED) is 0.539. The largest absolute Gasteiger partial charge is 0.453 e. The molecule has 3 aromatic heterocycles. The van der Waals surface area contributed by atoms with Crippen LogP contribution >= 0.6 is 11.3 Å². The van der Waals surface area contributed by atoms with Crippen LogP contribution in [0.25, 0.3) is 28.6 Å². The lowest BCUT2D eigenvalue weighted by Gasteiger charge is -1.96. The summed E-state index contributed by atoms with van der Waals surface area (Å²) in [5, 5.41) is 9.72. The Kier molecular flexibility index (Phi) is 4.18. The van der Waals surface area contributed by atoms with E-state index in [9.17, 15) is 4.79 Å². The number of aromatic nitrogens is 1. The summed E-state index contributed by atoms with van der Waals surface area (Å²) in [6.45, 7) is 0.289. The van der Waals surface area contributed by atoms with Gasteiger partial charge in [0.2, 0.25) is 11.7 Å². The summed E-state index contributed by atoms with van der Waals surface area (Å²) in [4.78, 5) is 12.9. The van der Waals surface area contributed by atoms with Gasteiger partial charge in [0, 0.05) is 22.4 Å². The molecule has 124 valence electrons. The Morgan fingerprint density at radius 2 is 2.08 bits per heavy atom. The molecule has 3 heterocycles. The predicted octanol–water partition coefficient (Wildman–Crippen LogP) is 4.48. The van der Waals surface area contributed by atoms with Crippen molar-refractivity contribution >= 4 is 34.3 Å². The van der Waals surface area contributed by atoms with Crippen molar-refractivity contribution in [3.63, 3.8) is 0 Å². The molecule has 1 amide bonds. The van der Waals surface area contributed by atoms with Gasteiger partial charge in [0.05, 0.1) is 6.54 Å². The maximum Gasteiger partial charge on any atom is 0.244 e. The number of carbonyl (C=O) groups is 1. The van der Waals surface area contributed by atoms with Crippen molar-refractivity contribution in [3.8, 4) is 11.5 Å². The summed E-state index contributed by atoms with van der Waals surface area (Å²) in [6, 6.07) is 15.3. The molecule has 0 aliphatic carbocycles. The molecule has 0 radical (unpaired) electrons. The average Bonchev–Trinajstić information content (AvgIpc) is 3.38. The number of benzene rings is 1. The maximum absolute atomic E-state index is 11.8. The first-order chi connectivity index (χ1) is 12.3. The number of nitrogens with zero attached hydrogens (tertiary/aromatic N) is 1. The van der Waals surface area contributed by atoms with E-state index in [0.29, 0.717) is 17.2 Å². The molecule has 25 heavy (non-hydrogen) atoms. The molecular weight excluding hydrogens is 336 g/mol. The van der Waals surface area contributed by atoms with Crippen LogP contribution < -0.4 is 5.32 Å². The highest BCUT2D eigenvalue weighted by Crippen LogP contribution is 2.28. The van der Waals surface area contributed by atoms with Crippen LogP contribution in [0.3, 0.4) is 0 Å². The number of hydrogen-bond acceptors (Lipinski definition) is 5. The summed E-state index contributed by atoms with van der Waals surface area (Å²) < 4.78 is 11.1. The molecule has 0 saturated carbocycles. The first-order valence-electron chi connectivity index (χ1n) is 7.72. The van der Waals surface area contributed by atoms with Gasteiger partial charge in [0.1, 0.15) is 11.3 Å². The zero-order valence-electron chi connectivity index (χ0n) is 13.1. The summed E-state index contributed by atoms with van der Waals surface area (Å²) in [5.41, 5.74) is 1.43. The third-order valence-corrected chi connectivity index (χ3v) is 4.45. The fourth-order valence-electron chi connectivity index (χ4n) is 2.40. The van der Waals surface area contributed by atoms with Crippen molar-refractivity contribution in [1.82, 2.24) is 10.5 Å². The van der Waals surface area contributed by atoms with E-state index >= 15 is 0 Å². The highest BCUT2D eigenvalue weighted by Gasteiger charge is 2.12. The summed E-state index contributed by atoms with van der Waals surface area (Å²) >= 11 is 1.58. The number of nitrogens with one attached hydrogen (secondary N) is 1. The number of para-hydroxylation sites is 1. The Morgan fingerprint density at radius 1 is 1.16 bits per heavy atom. The van der Waals surface area contributed by atoms with Crippen molar-refractivity contribution in [2.75, 3.05) is 0 Å². The first-order valence-corrected chi connectivity index (χ1v) is 8.60. The molecule has 0 aliphatic rings. The van der Waals surface area contributed by atoms with Crippen LogP contribution in [0, 0.1) is 0 Å². The summed E-state index contributed by atoms with van der Waals surface area (Å²) in [5.74, 6) is 0.972. The van der Waals surface area contributed by atoms with Crippen molar-refractivity contribution in [2.45, 2.75) is 6.54 Å². The number of hydrogen-bond donors (Lipinski definition) is 1. The SMILES string of the molecule is O=C(/C=C/c1cccs1)NCc1cc(-c2cc3ccccc3o2)on1. The minimum atomic E-state index is -0.179. The van der Waals surface area contributed by atoms with Gasteiger partial charge in [-0.3, -0.25) is 4.79 Å². The van der Waals surface area contributed by atoms with E-state index in [2.05, 4.69) is 10.5 Å². The second-order valence-corrected chi connectivity index (χ2v) is 6.38. The highest BCUT2D eigenvalue weighted by molar-refractivity contribution is 7.10. The van der Waals surface area contributed by atoms with Gasteiger partial charge in [0.25, 0.3) is 0 Å².